The number of nitrogens with zero attached hydrogens (tertiary/aromatic N) is 1. The summed E-state index contributed by atoms with van der Waals surface area (Å²) < 4.78 is 11.0. The zero-order valence-corrected chi connectivity index (χ0v) is 14.2. The largest absolute Gasteiger partial charge is 0.496 e. The van der Waals surface area contributed by atoms with Crippen molar-refractivity contribution < 1.29 is 14.3 Å². The van der Waals surface area contributed by atoms with Crippen molar-refractivity contribution in [2.45, 2.75) is 13.8 Å². The standard InChI is InChI=1S/C20H21NO3/c1-15(2)10-13-24-17-5-6-18(20(14-17)23-3)19(22)7-4-16-8-11-21-12-9-16/h4-12,14H,13H2,1-3H3/b7-4+. The molecule has 0 unspecified atom stereocenters. The maximum absolute atomic E-state index is 12.4. The van der Waals surface area contributed by atoms with E-state index in [-0.39, 0.29) is 5.78 Å². The average Bonchev–Trinajstić information content (AvgIpc) is 2.60. The summed E-state index contributed by atoms with van der Waals surface area (Å²) in [6.07, 6.45) is 8.63. The molecule has 1 aromatic heterocycles. The van der Waals surface area contributed by atoms with Crippen LogP contribution in [0, 0.1) is 0 Å². The number of methoxy groups -OCH3 is 1. The van der Waals surface area contributed by atoms with E-state index in [1.54, 1.807) is 43.8 Å². The van der Waals surface area contributed by atoms with Crippen LogP contribution in [0.3, 0.4) is 0 Å². The molecule has 4 heteroatoms. The fourth-order valence-electron chi connectivity index (χ4n) is 2.01. The van der Waals surface area contributed by atoms with Crippen molar-refractivity contribution in [3.8, 4) is 11.5 Å². The normalized spacial score (nSPS) is 10.5. The third kappa shape index (κ3) is 5.09. The predicted octanol–water partition coefficient (Wildman–Crippen LogP) is 4.33. The lowest BCUT2D eigenvalue weighted by atomic mass is 10.1. The molecule has 0 aliphatic rings. The lowest BCUT2D eigenvalue weighted by molar-refractivity contribution is 0.104. The van der Waals surface area contributed by atoms with E-state index in [2.05, 4.69) is 4.98 Å². The number of allylic oxidation sites excluding steroid dienone is 2. The van der Waals surface area contributed by atoms with Crippen LogP contribution in [0.25, 0.3) is 6.08 Å². The monoisotopic (exact) mass is 323 g/mol. The van der Waals surface area contributed by atoms with Crippen molar-refractivity contribution in [3.05, 3.63) is 71.6 Å². The number of hydrogen-bond donors (Lipinski definition) is 0. The van der Waals surface area contributed by atoms with Gasteiger partial charge in [0, 0.05) is 18.5 Å². The highest BCUT2D eigenvalue weighted by molar-refractivity contribution is 6.08. The van der Waals surface area contributed by atoms with E-state index in [0.29, 0.717) is 23.7 Å². The fraction of sp³-hybridized carbons (Fsp3) is 0.200. The van der Waals surface area contributed by atoms with E-state index in [9.17, 15) is 4.79 Å². The van der Waals surface area contributed by atoms with Crippen LogP contribution in [0.4, 0.5) is 0 Å². The molecule has 0 saturated heterocycles. The van der Waals surface area contributed by atoms with Gasteiger partial charge < -0.3 is 9.47 Å². The summed E-state index contributed by atoms with van der Waals surface area (Å²) in [7, 11) is 1.54. The topological polar surface area (TPSA) is 48.4 Å². The summed E-state index contributed by atoms with van der Waals surface area (Å²) in [5.74, 6) is 1.03. The second-order valence-corrected chi connectivity index (χ2v) is 5.43. The molecule has 0 saturated carbocycles. The van der Waals surface area contributed by atoms with Crippen LogP contribution >= 0.6 is 0 Å². The molecule has 0 N–H and O–H groups in total. The van der Waals surface area contributed by atoms with E-state index in [0.717, 1.165) is 5.56 Å². The van der Waals surface area contributed by atoms with Gasteiger partial charge in [-0.05, 0) is 55.8 Å². The first-order valence-electron chi connectivity index (χ1n) is 7.67. The van der Waals surface area contributed by atoms with Gasteiger partial charge in [0.25, 0.3) is 0 Å². The quantitative estimate of drug-likeness (QED) is 0.432. The molecule has 2 rings (SSSR count). The minimum absolute atomic E-state index is 0.125. The molecular weight excluding hydrogens is 302 g/mol. The lowest BCUT2D eigenvalue weighted by Crippen LogP contribution is -2.01. The summed E-state index contributed by atoms with van der Waals surface area (Å²) in [4.78, 5) is 16.3. The first-order valence-corrected chi connectivity index (χ1v) is 7.67. The summed E-state index contributed by atoms with van der Waals surface area (Å²) >= 11 is 0. The van der Waals surface area contributed by atoms with Crippen molar-refractivity contribution in [1.82, 2.24) is 4.98 Å². The van der Waals surface area contributed by atoms with Gasteiger partial charge in [-0.3, -0.25) is 9.78 Å². The Kier molecular flexibility index (Phi) is 6.32. The zero-order chi connectivity index (χ0) is 17.4. The maximum atomic E-state index is 12.4. The molecule has 0 fully saturated rings. The highest BCUT2D eigenvalue weighted by Crippen LogP contribution is 2.25. The Balaban J connectivity index is 2.13. The third-order valence-corrected chi connectivity index (χ3v) is 3.31. The Morgan fingerprint density at radius 3 is 2.58 bits per heavy atom. The number of benzene rings is 1. The molecule has 0 spiro atoms. The molecular formula is C20H21NO3. The van der Waals surface area contributed by atoms with Crippen LogP contribution in [0.2, 0.25) is 0 Å². The molecule has 4 nitrogen and oxygen atoms in total. The summed E-state index contributed by atoms with van der Waals surface area (Å²) in [6, 6.07) is 8.89. The van der Waals surface area contributed by atoms with E-state index < -0.39 is 0 Å². The molecule has 24 heavy (non-hydrogen) atoms. The fourth-order valence-corrected chi connectivity index (χ4v) is 2.01. The van der Waals surface area contributed by atoms with Crippen molar-refractivity contribution in [2.24, 2.45) is 0 Å². The van der Waals surface area contributed by atoms with E-state index in [1.807, 2.05) is 32.1 Å². The number of ether oxygens (including phenoxy) is 2. The van der Waals surface area contributed by atoms with E-state index in [1.165, 1.54) is 11.6 Å². The Morgan fingerprint density at radius 1 is 1.17 bits per heavy atom. The Labute approximate surface area is 142 Å². The molecule has 0 bridgehead atoms. The van der Waals surface area contributed by atoms with Crippen molar-refractivity contribution in [1.29, 1.82) is 0 Å². The predicted molar refractivity (Wildman–Crippen MR) is 95.5 cm³/mol. The first kappa shape index (κ1) is 17.5. The molecule has 1 aromatic carbocycles. The first-order chi connectivity index (χ1) is 11.6. The van der Waals surface area contributed by atoms with Gasteiger partial charge in [-0.25, -0.2) is 0 Å². The maximum Gasteiger partial charge on any atom is 0.189 e. The highest BCUT2D eigenvalue weighted by Gasteiger charge is 2.11. The Morgan fingerprint density at radius 2 is 1.92 bits per heavy atom. The molecule has 2 aromatic rings. The Hall–Kier alpha value is -2.88. The van der Waals surface area contributed by atoms with Gasteiger partial charge in [0.15, 0.2) is 5.78 Å². The van der Waals surface area contributed by atoms with Crippen molar-refractivity contribution in [2.75, 3.05) is 13.7 Å². The summed E-state index contributed by atoms with van der Waals surface area (Å²) in [5, 5.41) is 0. The zero-order valence-electron chi connectivity index (χ0n) is 14.2. The number of hydrogen-bond acceptors (Lipinski definition) is 4. The van der Waals surface area contributed by atoms with Crippen LogP contribution in [0.1, 0.15) is 29.8 Å². The summed E-state index contributed by atoms with van der Waals surface area (Å²) in [6.45, 7) is 4.52. The molecule has 0 atom stereocenters. The Bertz CT molecular complexity index is 745. The number of carbonyl (C=O) groups is 1. The second kappa shape index (κ2) is 8.67. The van der Waals surface area contributed by atoms with E-state index >= 15 is 0 Å². The van der Waals surface area contributed by atoms with Gasteiger partial charge in [0.2, 0.25) is 0 Å². The van der Waals surface area contributed by atoms with Crippen molar-refractivity contribution in [3.63, 3.8) is 0 Å². The minimum Gasteiger partial charge on any atom is -0.496 e. The number of ketones is 1. The second-order valence-electron chi connectivity index (χ2n) is 5.43. The number of carbonyl (C=O) groups excluding carboxylic acids is 1. The molecule has 0 radical (unpaired) electrons. The molecule has 124 valence electrons. The number of pyridine rings is 1. The van der Waals surface area contributed by atoms with Gasteiger partial charge in [0.05, 0.1) is 12.7 Å². The minimum atomic E-state index is -0.125. The molecule has 0 amide bonds. The lowest BCUT2D eigenvalue weighted by Gasteiger charge is -2.09. The summed E-state index contributed by atoms with van der Waals surface area (Å²) in [5.41, 5.74) is 2.60. The molecule has 1 heterocycles. The molecule has 0 aliphatic heterocycles. The van der Waals surface area contributed by atoms with Gasteiger partial charge in [-0.1, -0.05) is 11.6 Å². The number of aromatic nitrogens is 1. The van der Waals surface area contributed by atoms with Crippen molar-refractivity contribution >= 4 is 11.9 Å². The average molecular weight is 323 g/mol. The number of rotatable bonds is 7. The van der Waals surface area contributed by atoms with Gasteiger partial charge in [-0.2, -0.15) is 0 Å². The van der Waals surface area contributed by atoms with Gasteiger partial charge in [0.1, 0.15) is 18.1 Å². The van der Waals surface area contributed by atoms with Crippen LogP contribution in [-0.2, 0) is 0 Å². The van der Waals surface area contributed by atoms with Gasteiger partial charge in [-0.15, -0.1) is 0 Å². The van der Waals surface area contributed by atoms with Gasteiger partial charge >= 0.3 is 0 Å². The highest BCUT2D eigenvalue weighted by atomic mass is 16.5. The molecule has 0 aliphatic carbocycles. The van der Waals surface area contributed by atoms with Crippen LogP contribution < -0.4 is 9.47 Å². The van der Waals surface area contributed by atoms with Crippen LogP contribution in [0.5, 0.6) is 11.5 Å². The smallest absolute Gasteiger partial charge is 0.189 e. The third-order valence-electron chi connectivity index (χ3n) is 3.31. The van der Waals surface area contributed by atoms with E-state index in [4.69, 9.17) is 9.47 Å². The van der Waals surface area contributed by atoms with Crippen LogP contribution in [0.15, 0.2) is 60.5 Å². The van der Waals surface area contributed by atoms with Crippen LogP contribution in [-0.4, -0.2) is 24.5 Å². The SMILES string of the molecule is COc1cc(OCC=C(C)C)ccc1C(=O)/C=C/c1ccncc1.